The van der Waals surface area contributed by atoms with E-state index in [0.717, 1.165) is 77.0 Å². The van der Waals surface area contributed by atoms with Crippen molar-refractivity contribution < 1.29 is 24.5 Å². The molecule has 0 aliphatic rings. The lowest BCUT2D eigenvalue weighted by molar-refractivity contribution is -0.143. The van der Waals surface area contributed by atoms with Crippen molar-refractivity contribution >= 4 is 11.9 Å². The molecule has 0 aromatic rings. The number of hydrogen-bond acceptors (Lipinski definition) is 5. The summed E-state index contributed by atoms with van der Waals surface area (Å²) in [5, 5.41) is 23.0. The quantitative estimate of drug-likeness (QED) is 0.0324. The van der Waals surface area contributed by atoms with Gasteiger partial charge in [-0.25, -0.2) is 0 Å². The van der Waals surface area contributed by atoms with E-state index >= 15 is 0 Å². The van der Waals surface area contributed by atoms with E-state index in [1.165, 1.54) is 154 Å². The van der Waals surface area contributed by atoms with Crippen LogP contribution in [0.25, 0.3) is 0 Å². The molecular formula is C50H95NO5. The van der Waals surface area contributed by atoms with E-state index in [0.29, 0.717) is 19.4 Å². The first kappa shape index (κ1) is 54.3. The Balaban J connectivity index is 3.55. The second-order valence-corrected chi connectivity index (χ2v) is 16.8. The fourth-order valence-electron chi connectivity index (χ4n) is 7.39. The van der Waals surface area contributed by atoms with Crippen LogP contribution in [0, 0.1) is 0 Å². The number of carbonyl (C=O) groups is 2. The number of rotatable bonds is 45. The molecule has 0 aliphatic heterocycles. The average Bonchev–Trinajstić information content (AvgIpc) is 3.20. The van der Waals surface area contributed by atoms with Crippen LogP contribution < -0.4 is 5.32 Å². The van der Waals surface area contributed by atoms with Crippen LogP contribution in [0.5, 0.6) is 0 Å². The fraction of sp³-hybridized carbons (Fsp3) is 0.880. The van der Waals surface area contributed by atoms with E-state index in [2.05, 4.69) is 31.3 Å². The summed E-state index contributed by atoms with van der Waals surface area (Å²) in [6, 6.07) is -0.651. The normalized spacial score (nSPS) is 12.9. The Morgan fingerprint density at radius 1 is 0.482 bits per heavy atom. The van der Waals surface area contributed by atoms with Gasteiger partial charge in [0.2, 0.25) is 5.91 Å². The predicted molar refractivity (Wildman–Crippen MR) is 241 cm³/mol. The number of amides is 1. The molecule has 0 aromatic heterocycles. The minimum absolute atomic E-state index is 0.0360. The van der Waals surface area contributed by atoms with E-state index in [1.807, 2.05) is 6.08 Å². The lowest BCUT2D eigenvalue weighted by Gasteiger charge is -2.20. The first-order valence-corrected chi connectivity index (χ1v) is 24.6. The number of allylic oxidation sites excluding steroid dienone is 3. The molecule has 3 N–H and O–H groups in total. The average molecular weight is 790 g/mol. The standard InChI is InChI=1S/C50H95NO5/c1-3-5-7-9-11-13-15-17-19-21-23-28-32-36-40-44-50(55)56-45-41-37-33-29-25-24-27-31-35-39-43-49(54)51-47(46-52)48(53)42-38-34-30-26-22-20-18-16-14-12-10-8-6-4-2/h25,29,38,42,47-48,52-53H,3-24,26-28,30-37,39-41,43-46H2,1-2H3,(H,51,54)/b29-25-,42-38+. The smallest absolute Gasteiger partial charge is 0.305 e. The number of esters is 1. The van der Waals surface area contributed by atoms with Gasteiger partial charge in [-0.1, -0.05) is 212 Å². The van der Waals surface area contributed by atoms with Crippen molar-refractivity contribution in [3.05, 3.63) is 24.3 Å². The number of aliphatic hydroxyl groups is 2. The number of nitrogens with one attached hydrogen (secondary N) is 1. The molecule has 6 heteroatoms. The molecule has 0 radical (unpaired) electrons. The largest absolute Gasteiger partial charge is 0.466 e. The number of aliphatic hydroxyl groups excluding tert-OH is 2. The molecule has 2 atom stereocenters. The Labute approximate surface area is 348 Å². The van der Waals surface area contributed by atoms with Crippen molar-refractivity contribution in [2.24, 2.45) is 0 Å². The maximum absolute atomic E-state index is 12.4. The summed E-state index contributed by atoms with van der Waals surface area (Å²) < 4.78 is 5.43. The van der Waals surface area contributed by atoms with Crippen LogP contribution in [0.2, 0.25) is 0 Å². The lowest BCUT2D eigenvalue weighted by atomic mass is 10.0. The maximum atomic E-state index is 12.4. The van der Waals surface area contributed by atoms with E-state index in [9.17, 15) is 19.8 Å². The van der Waals surface area contributed by atoms with Crippen LogP contribution in [0.15, 0.2) is 24.3 Å². The third-order valence-corrected chi connectivity index (χ3v) is 11.2. The molecule has 6 nitrogen and oxygen atoms in total. The van der Waals surface area contributed by atoms with Gasteiger partial charge in [0, 0.05) is 12.8 Å². The van der Waals surface area contributed by atoms with Gasteiger partial charge in [-0.15, -0.1) is 0 Å². The van der Waals surface area contributed by atoms with Crippen molar-refractivity contribution in [2.45, 2.75) is 270 Å². The summed E-state index contributed by atoms with van der Waals surface area (Å²) in [7, 11) is 0. The van der Waals surface area contributed by atoms with Crippen molar-refractivity contribution in [3.8, 4) is 0 Å². The van der Waals surface area contributed by atoms with Crippen LogP contribution in [0.1, 0.15) is 258 Å². The second kappa shape index (κ2) is 46.0. The zero-order valence-corrected chi connectivity index (χ0v) is 37.4. The minimum Gasteiger partial charge on any atom is -0.466 e. The summed E-state index contributed by atoms with van der Waals surface area (Å²) in [6.07, 6.45) is 53.2. The Morgan fingerprint density at radius 2 is 0.839 bits per heavy atom. The van der Waals surface area contributed by atoms with Gasteiger partial charge < -0.3 is 20.3 Å². The number of unbranched alkanes of at least 4 members (excludes halogenated alkanes) is 32. The zero-order chi connectivity index (χ0) is 40.8. The molecule has 56 heavy (non-hydrogen) atoms. The highest BCUT2D eigenvalue weighted by Gasteiger charge is 2.18. The Kier molecular flexibility index (Phi) is 44.7. The summed E-state index contributed by atoms with van der Waals surface area (Å²) in [4.78, 5) is 24.4. The van der Waals surface area contributed by atoms with Gasteiger partial charge in [0.05, 0.1) is 25.4 Å². The van der Waals surface area contributed by atoms with Crippen molar-refractivity contribution in [1.29, 1.82) is 0 Å². The first-order chi connectivity index (χ1) is 27.5. The monoisotopic (exact) mass is 790 g/mol. The summed E-state index contributed by atoms with van der Waals surface area (Å²) >= 11 is 0. The van der Waals surface area contributed by atoms with Gasteiger partial charge in [-0.05, 0) is 57.8 Å². The molecule has 0 rings (SSSR count). The van der Waals surface area contributed by atoms with Crippen LogP contribution in [-0.2, 0) is 14.3 Å². The van der Waals surface area contributed by atoms with Gasteiger partial charge in [-0.2, -0.15) is 0 Å². The van der Waals surface area contributed by atoms with Gasteiger partial charge in [0.15, 0.2) is 0 Å². The van der Waals surface area contributed by atoms with E-state index in [4.69, 9.17) is 4.74 Å². The van der Waals surface area contributed by atoms with E-state index < -0.39 is 12.1 Å². The first-order valence-electron chi connectivity index (χ1n) is 24.6. The van der Waals surface area contributed by atoms with Gasteiger partial charge in [0.1, 0.15) is 0 Å². The zero-order valence-electron chi connectivity index (χ0n) is 37.4. The highest BCUT2D eigenvalue weighted by molar-refractivity contribution is 5.76. The predicted octanol–water partition coefficient (Wildman–Crippen LogP) is 14.3. The number of ether oxygens (including phenoxy) is 1. The molecule has 1 amide bonds. The van der Waals surface area contributed by atoms with Crippen LogP contribution in [-0.4, -0.2) is 47.4 Å². The van der Waals surface area contributed by atoms with Crippen LogP contribution >= 0.6 is 0 Å². The molecule has 0 heterocycles. The third-order valence-electron chi connectivity index (χ3n) is 11.2. The summed E-state index contributed by atoms with van der Waals surface area (Å²) in [5.41, 5.74) is 0. The van der Waals surface area contributed by atoms with Crippen LogP contribution in [0.4, 0.5) is 0 Å². The second-order valence-electron chi connectivity index (χ2n) is 16.8. The van der Waals surface area contributed by atoms with Gasteiger partial charge in [-0.3, -0.25) is 9.59 Å². The number of carbonyl (C=O) groups excluding carboxylic acids is 2. The molecule has 0 saturated heterocycles. The van der Waals surface area contributed by atoms with Crippen molar-refractivity contribution in [1.82, 2.24) is 5.32 Å². The maximum Gasteiger partial charge on any atom is 0.305 e. The Hall–Kier alpha value is -1.66. The Bertz CT molecular complexity index is 874. The molecule has 0 bridgehead atoms. The fourth-order valence-corrected chi connectivity index (χ4v) is 7.39. The molecule has 0 fully saturated rings. The summed E-state index contributed by atoms with van der Waals surface area (Å²) in [6.45, 7) is 4.81. The highest BCUT2D eigenvalue weighted by Crippen LogP contribution is 2.15. The summed E-state index contributed by atoms with van der Waals surface area (Å²) in [5.74, 6) is -0.140. The van der Waals surface area contributed by atoms with E-state index in [-0.39, 0.29) is 18.5 Å². The molecule has 330 valence electrons. The van der Waals surface area contributed by atoms with Gasteiger partial charge >= 0.3 is 5.97 Å². The number of hydrogen-bond donors (Lipinski definition) is 3. The molecule has 0 aliphatic carbocycles. The molecule has 0 aromatic carbocycles. The molecule has 2 unspecified atom stereocenters. The van der Waals surface area contributed by atoms with Crippen LogP contribution in [0.3, 0.4) is 0 Å². The topological polar surface area (TPSA) is 95.9 Å². The third kappa shape index (κ3) is 42.0. The molecule has 0 spiro atoms. The van der Waals surface area contributed by atoms with Crippen molar-refractivity contribution in [2.75, 3.05) is 13.2 Å². The Morgan fingerprint density at radius 3 is 1.27 bits per heavy atom. The van der Waals surface area contributed by atoms with Crippen molar-refractivity contribution in [3.63, 3.8) is 0 Å². The van der Waals surface area contributed by atoms with E-state index in [1.54, 1.807) is 6.08 Å². The van der Waals surface area contributed by atoms with Gasteiger partial charge in [0.25, 0.3) is 0 Å². The molecule has 0 saturated carbocycles. The molecular weight excluding hydrogens is 695 g/mol. The SMILES string of the molecule is CCCCCCCCCCCCCC/C=C/C(O)C(CO)NC(=O)CCCCCC/C=C\CCCCOC(=O)CCCCCCCCCCCCCCCCC. The minimum atomic E-state index is -0.864. The lowest BCUT2D eigenvalue weighted by Crippen LogP contribution is -2.45. The highest BCUT2D eigenvalue weighted by atomic mass is 16.5.